The molecule has 1 aliphatic rings. The molecule has 0 saturated carbocycles. The molecule has 0 aliphatic carbocycles. The lowest BCUT2D eigenvalue weighted by atomic mass is 10.3. The van der Waals surface area contributed by atoms with Crippen molar-refractivity contribution in [3.8, 4) is 0 Å². The van der Waals surface area contributed by atoms with Gasteiger partial charge in [0, 0.05) is 13.1 Å². The molecule has 2 heterocycles. The van der Waals surface area contributed by atoms with Crippen LogP contribution in [0.25, 0.3) is 0 Å². The SMILES string of the molecule is C[C@@H](NS(=O)(=O)c1ccc(Cl)s1)C(=O)N1CCOCC1. The highest BCUT2D eigenvalue weighted by atomic mass is 35.5. The highest BCUT2D eigenvalue weighted by Crippen LogP contribution is 2.25. The number of hydrogen-bond acceptors (Lipinski definition) is 5. The number of amides is 1. The predicted octanol–water partition coefficient (Wildman–Crippen LogP) is 0.927. The Morgan fingerprint density at radius 2 is 2.10 bits per heavy atom. The first-order valence-electron chi connectivity index (χ1n) is 6.04. The second-order valence-electron chi connectivity index (χ2n) is 4.34. The van der Waals surface area contributed by atoms with Crippen LogP contribution in [0.3, 0.4) is 0 Å². The number of hydrogen-bond donors (Lipinski definition) is 1. The highest BCUT2D eigenvalue weighted by Gasteiger charge is 2.27. The lowest BCUT2D eigenvalue weighted by Gasteiger charge is -2.29. The molecule has 1 aromatic heterocycles. The number of thiophene rings is 1. The van der Waals surface area contributed by atoms with Crippen LogP contribution in [0.15, 0.2) is 16.3 Å². The molecule has 1 saturated heterocycles. The van der Waals surface area contributed by atoms with Crippen LogP contribution in [0.4, 0.5) is 0 Å². The molecule has 0 radical (unpaired) electrons. The molecule has 1 aliphatic heterocycles. The number of morpholine rings is 1. The molecule has 0 bridgehead atoms. The summed E-state index contributed by atoms with van der Waals surface area (Å²) in [7, 11) is -3.72. The van der Waals surface area contributed by atoms with Crippen LogP contribution in [-0.2, 0) is 19.6 Å². The van der Waals surface area contributed by atoms with Gasteiger partial charge in [-0.2, -0.15) is 4.72 Å². The number of rotatable bonds is 4. The van der Waals surface area contributed by atoms with Gasteiger partial charge in [-0.3, -0.25) is 4.79 Å². The van der Waals surface area contributed by atoms with Crippen LogP contribution in [0, 0.1) is 0 Å². The van der Waals surface area contributed by atoms with E-state index in [0.717, 1.165) is 11.3 Å². The smallest absolute Gasteiger partial charge is 0.250 e. The average Bonchev–Trinajstić information content (AvgIpc) is 2.86. The standard InChI is InChI=1S/C11H15ClN2O4S2/c1-8(11(15)14-4-6-18-7-5-14)13-20(16,17)10-3-2-9(12)19-10/h2-3,8,13H,4-7H2,1H3/t8-/m1/s1. The van der Waals surface area contributed by atoms with E-state index in [0.29, 0.717) is 30.6 Å². The van der Waals surface area contributed by atoms with E-state index in [1.807, 2.05) is 0 Å². The maximum absolute atomic E-state index is 12.1. The van der Waals surface area contributed by atoms with Gasteiger partial charge < -0.3 is 9.64 Å². The van der Waals surface area contributed by atoms with E-state index in [-0.39, 0.29) is 10.1 Å². The minimum Gasteiger partial charge on any atom is -0.378 e. The van der Waals surface area contributed by atoms with Crippen LogP contribution < -0.4 is 4.72 Å². The summed E-state index contributed by atoms with van der Waals surface area (Å²) in [6.45, 7) is 3.45. The van der Waals surface area contributed by atoms with Crippen molar-refractivity contribution in [1.82, 2.24) is 9.62 Å². The maximum atomic E-state index is 12.1. The number of carbonyl (C=O) groups excluding carboxylic acids is 1. The third-order valence-corrected chi connectivity index (χ3v) is 6.10. The largest absolute Gasteiger partial charge is 0.378 e. The molecule has 1 fully saturated rings. The Bertz CT molecular complexity index is 581. The zero-order valence-electron chi connectivity index (χ0n) is 10.8. The summed E-state index contributed by atoms with van der Waals surface area (Å²) in [4.78, 5) is 13.7. The fraction of sp³-hybridized carbons (Fsp3) is 0.545. The second kappa shape index (κ2) is 6.40. The maximum Gasteiger partial charge on any atom is 0.250 e. The summed E-state index contributed by atoms with van der Waals surface area (Å²) in [5.74, 6) is -0.250. The van der Waals surface area contributed by atoms with Crippen LogP contribution >= 0.6 is 22.9 Å². The van der Waals surface area contributed by atoms with Gasteiger partial charge in [0.15, 0.2) is 0 Å². The molecule has 6 nitrogen and oxygen atoms in total. The molecule has 2 rings (SSSR count). The zero-order chi connectivity index (χ0) is 14.8. The minimum atomic E-state index is -3.72. The van der Waals surface area contributed by atoms with E-state index in [1.54, 1.807) is 4.90 Å². The van der Waals surface area contributed by atoms with Crippen LogP contribution in [-0.4, -0.2) is 51.6 Å². The van der Waals surface area contributed by atoms with E-state index in [2.05, 4.69) is 4.72 Å². The van der Waals surface area contributed by atoms with Gasteiger partial charge in [-0.15, -0.1) is 11.3 Å². The fourth-order valence-electron chi connectivity index (χ4n) is 1.84. The first-order valence-corrected chi connectivity index (χ1v) is 8.72. The fourth-order valence-corrected chi connectivity index (χ4v) is 4.54. The lowest BCUT2D eigenvalue weighted by molar-refractivity contribution is -0.136. The summed E-state index contributed by atoms with van der Waals surface area (Å²) in [6, 6.07) is 2.11. The number of halogens is 1. The Kier molecular flexibility index (Phi) is 5.03. The van der Waals surface area contributed by atoms with E-state index < -0.39 is 16.1 Å². The highest BCUT2D eigenvalue weighted by molar-refractivity contribution is 7.91. The first kappa shape index (κ1) is 15.7. The van der Waals surface area contributed by atoms with Gasteiger partial charge in [0.1, 0.15) is 4.21 Å². The zero-order valence-corrected chi connectivity index (χ0v) is 13.2. The van der Waals surface area contributed by atoms with Gasteiger partial charge in [-0.05, 0) is 19.1 Å². The Balaban J connectivity index is 2.03. The molecular formula is C11H15ClN2O4S2. The van der Waals surface area contributed by atoms with Gasteiger partial charge in [0.05, 0.1) is 23.6 Å². The van der Waals surface area contributed by atoms with Crippen molar-refractivity contribution in [3.63, 3.8) is 0 Å². The van der Waals surface area contributed by atoms with Crippen LogP contribution in [0.5, 0.6) is 0 Å². The van der Waals surface area contributed by atoms with Crippen molar-refractivity contribution in [2.24, 2.45) is 0 Å². The number of sulfonamides is 1. The van der Waals surface area contributed by atoms with Gasteiger partial charge >= 0.3 is 0 Å². The Morgan fingerprint density at radius 3 is 2.65 bits per heavy atom. The molecule has 1 aromatic rings. The summed E-state index contributed by atoms with van der Waals surface area (Å²) >= 11 is 6.68. The third-order valence-electron chi connectivity index (χ3n) is 2.84. The lowest BCUT2D eigenvalue weighted by Crippen LogP contribution is -2.50. The third kappa shape index (κ3) is 3.70. The molecule has 112 valence electrons. The first-order chi connectivity index (χ1) is 9.40. The van der Waals surface area contributed by atoms with Crippen molar-refractivity contribution in [2.45, 2.75) is 17.2 Å². The van der Waals surface area contributed by atoms with E-state index >= 15 is 0 Å². The molecule has 9 heteroatoms. The van der Waals surface area contributed by atoms with Gasteiger partial charge in [-0.1, -0.05) is 11.6 Å². The summed E-state index contributed by atoms with van der Waals surface area (Å²) in [5.41, 5.74) is 0. The predicted molar refractivity (Wildman–Crippen MR) is 76.5 cm³/mol. The molecule has 20 heavy (non-hydrogen) atoms. The van der Waals surface area contributed by atoms with E-state index in [1.165, 1.54) is 19.1 Å². The Labute approximate surface area is 126 Å². The van der Waals surface area contributed by atoms with Crippen molar-refractivity contribution >= 4 is 38.9 Å². The van der Waals surface area contributed by atoms with Gasteiger partial charge in [0.2, 0.25) is 5.91 Å². The molecule has 0 aromatic carbocycles. The monoisotopic (exact) mass is 338 g/mol. The van der Waals surface area contributed by atoms with Crippen LogP contribution in [0.2, 0.25) is 4.34 Å². The topological polar surface area (TPSA) is 75.7 Å². The van der Waals surface area contributed by atoms with Crippen LogP contribution in [0.1, 0.15) is 6.92 Å². The second-order valence-corrected chi connectivity index (χ2v) is 8.00. The number of nitrogens with zero attached hydrogens (tertiary/aromatic N) is 1. The molecule has 1 amide bonds. The summed E-state index contributed by atoms with van der Waals surface area (Å²) in [6.07, 6.45) is 0. The quantitative estimate of drug-likeness (QED) is 0.886. The summed E-state index contributed by atoms with van der Waals surface area (Å²) < 4.78 is 32.2. The number of nitrogens with one attached hydrogen (secondary N) is 1. The van der Waals surface area contributed by atoms with Crippen molar-refractivity contribution in [2.75, 3.05) is 26.3 Å². The normalized spacial score (nSPS) is 18.0. The minimum absolute atomic E-state index is 0.101. The van der Waals surface area contributed by atoms with Crippen molar-refractivity contribution < 1.29 is 17.9 Å². The average molecular weight is 339 g/mol. The Morgan fingerprint density at radius 1 is 1.45 bits per heavy atom. The van der Waals surface area contributed by atoms with E-state index in [4.69, 9.17) is 16.3 Å². The molecular weight excluding hydrogens is 324 g/mol. The van der Waals surface area contributed by atoms with Gasteiger partial charge in [0.25, 0.3) is 10.0 Å². The van der Waals surface area contributed by atoms with Gasteiger partial charge in [-0.25, -0.2) is 8.42 Å². The molecule has 0 unspecified atom stereocenters. The number of ether oxygens (including phenoxy) is 1. The Hall–Kier alpha value is -0.670. The molecule has 0 spiro atoms. The van der Waals surface area contributed by atoms with E-state index in [9.17, 15) is 13.2 Å². The molecule has 1 N–H and O–H groups in total. The summed E-state index contributed by atoms with van der Waals surface area (Å²) in [5, 5.41) is 0. The van der Waals surface area contributed by atoms with Crippen molar-refractivity contribution in [1.29, 1.82) is 0 Å². The number of carbonyl (C=O) groups is 1. The molecule has 1 atom stereocenters. The van der Waals surface area contributed by atoms with Crippen molar-refractivity contribution in [3.05, 3.63) is 16.5 Å².